The number of fused-ring (bicyclic) bond motifs is 5. The molecule has 27 heavy (non-hydrogen) atoms. The lowest BCUT2D eigenvalue weighted by Gasteiger charge is -2.27. The van der Waals surface area contributed by atoms with Crippen LogP contribution in [0.15, 0.2) is 66.7 Å². The fourth-order valence-electron chi connectivity index (χ4n) is 4.81. The van der Waals surface area contributed by atoms with Gasteiger partial charge in [-0.15, -0.1) is 0 Å². The van der Waals surface area contributed by atoms with Gasteiger partial charge in [0, 0.05) is 5.56 Å². The second-order valence-corrected chi connectivity index (χ2v) is 7.58. The summed E-state index contributed by atoms with van der Waals surface area (Å²) in [5.41, 5.74) is 0.360. The second kappa shape index (κ2) is 5.38. The first-order chi connectivity index (χ1) is 13.0. The molecule has 1 N–H and O–H groups in total. The summed E-state index contributed by atoms with van der Waals surface area (Å²) in [6.45, 7) is 1.48. The largest absolute Gasteiger partial charge is 0.393 e. The minimum Gasteiger partial charge on any atom is -0.393 e. The van der Waals surface area contributed by atoms with Crippen molar-refractivity contribution in [3.63, 3.8) is 0 Å². The summed E-state index contributed by atoms with van der Waals surface area (Å²) in [6.07, 6.45) is 3.55. The molecule has 0 aromatic heterocycles. The molecule has 2 bridgehead atoms. The lowest BCUT2D eigenvalue weighted by molar-refractivity contribution is -0.131. The Morgan fingerprint density at radius 2 is 1.63 bits per heavy atom. The number of rotatable bonds is 3. The molecular weight excluding hydrogens is 342 g/mol. The van der Waals surface area contributed by atoms with Crippen molar-refractivity contribution in [3.05, 3.63) is 66.7 Å². The van der Waals surface area contributed by atoms with E-state index in [9.17, 15) is 14.7 Å². The van der Waals surface area contributed by atoms with Crippen LogP contribution < -0.4 is 4.90 Å². The Morgan fingerprint density at radius 3 is 2.37 bits per heavy atom. The maximum Gasteiger partial charge on any atom is 0.241 e. The number of imide groups is 1. The molecule has 0 saturated carbocycles. The Morgan fingerprint density at radius 1 is 0.963 bits per heavy atom. The van der Waals surface area contributed by atoms with E-state index in [1.54, 1.807) is 12.1 Å². The van der Waals surface area contributed by atoms with Crippen molar-refractivity contribution in [2.75, 3.05) is 11.5 Å². The molecule has 136 valence electrons. The highest BCUT2D eigenvalue weighted by molar-refractivity contribution is 6.24. The monoisotopic (exact) mass is 361 g/mol. The third kappa shape index (κ3) is 2.01. The molecule has 2 fully saturated rings. The van der Waals surface area contributed by atoms with E-state index in [-0.39, 0.29) is 18.4 Å². The van der Waals surface area contributed by atoms with Crippen molar-refractivity contribution in [3.8, 4) is 11.1 Å². The van der Waals surface area contributed by atoms with Crippen LogP contribution in [0.2, 0.25) is 0 Å². The van der Waals surface area contributed by atoms with Crippen LogP contribution in [-0.4, -0.2) is 34.7 Å². The van der Waals surface area contributed by atoms with Crippen LogP contribution in [0.4, 0.5) is 5.69 Å². The quantitative estimate of drug-likeness (QED) is 0.674. The first kappa shape index (κ1) is 16.4. The van der Waals surface area contributed by atoms with Crippen molar-refractivity contribution in [1.29, 1.82) is 0 Å². The summed E-state index contributed by atoms with van der Waals surface area (Å²) in [5, 5.41) is 9.94. The summed E-state index contributed by atoms with van der Waals surface area (Å²) in [4.78, 5) is 28.0. The van der Waals surface area contributed by atoms with Gasteiger partial charge in [-0.1, -0.05) is 60.7 Å². The first-order valence-corrected chi connectivity index (χ1v) is 9.04. The van der Waals surface area contributed by atoms with Gasteiger partial charge in [-0.2, -0.15) is 0 Å². The Bertz CT molecular complexity index is 985. The number of benzene rings is 2. The van der Waals surface area contributed by atoms with Crippen molar-refractivity contribution < 1.29 is 19.4 Å². The maximum atomic E-state index is 13.4. The predicted octanol–water partition coefficient (Wildman–Crippen LogP) is 2.55. The van der Waals surface area contributed by atoms with Crippen molar-refractivity contribution >= 4 is 17.5 Å². The van der Waals surface area contributed by atoms with E-state index >= 15 is 0 Å². The molecule has 0 unspecified atom stereocenters. The Hall–Kier alpha value is -2.76. The number of anilines is 1. The third-order valence-electron chi connectivity index (χ3n) is 6.03. The highest BCUT2D eigenvalue weighted by Crippen LogP contribution is 2.57. The number of aliphatic hydroxyl groups excluding tert-OH is 1. The molecule has 3 aliphatic rings. The van der Waals surface area contributed by atoms with E-state index in [4.69, 9.17) is 4.74 Å². The van der Waals surface area contributed by atoms with Gasteiger partial charge >= 0.3 is 0 Å². The van der Waals surface area contributed by atoms with Crippen LogP contribution in [0.5, 0.6) is 0 Å². The molecule has 0 radical (unpaired) electrons. The predicted molar refractivity (Wildman–Crippen MR) is 99.8 cm³/mol. The fourth-order valence-corrected chi connectivity index (χ4v) is 4.81. The SMILES string of the molecule is C[C@@]12C=C[C@@](CO)(O1)[C@H]1C(=O)N(c3ccccc3-c3ccccc3)C(=O)[C@@H]12. The van der Waals surface area contributed by atoms with Gasteiger partial charge in [-0.3, -0.25) is 9.59 Å². The van der Waals surface area contributed by atoms with Gasteiger partial charge in [0.1, 0.15) is 5.60 Å². The average molecular weight is 361 g/mol. The number of para-hydroxylation sites is 1. The molecule has 5 rings (SSSR count). The maximum absolute atomic E-state index is 13.4. The van der Waals surface area contributed by atoms with Gasteiger partial charge < -0.3 is 9.84 Å². The fraction of sp³-hybridized carbons (Fsp3) is 0.273. The Kier molecular flexibility index (Phi) is 3.27. The molecule has 5 nitrogen and oxygen atoms in total. The van der Waals surface area contributed by atoms with Gasteiger partial charge in [0.25, 0.3) is 0 Å². The lowest BCUT2D eigenvalue weighted by Crippen LogP contribution is -2.43. The van der Waals surface area contributed by atoms with Gasteiger partial charge in [-0.25, -0.2) is 4.90 Å². The van der Waals surface area contributed by atoms with E-state index in [2.05, 4.69) is 0 Å². The van der Waals surface area contributed by atoms with Crippen LogP contribution in [0, 0.1) is 11.8 Å². The van der Waals surface area contributed by atoms with Crippen LogP contribution in [0.25, 0.3) is 11.1 Å². The summed E-state index contributed by atoms with van der Waals surface area (Å²) in [7, 11) is 0. The zero-order chi connectivity index (χ0) is 18.8. The number of nitrogens with zero attached hydrogens (tertiary/aromatic N) is 1. The molecule has 2 aromatic rings. The summed E-state index contributed by atoms with van der Waals surface area (Å²) in [5.74, 6) is -1.90. The van der Waals surface area contributed by atoms with E-state index in [1.807, 2.05) is 61.5 Å². The van der Waals surface area contributed by atoms with Crippen molar-refractivity contribution in [1.82, 2.24) is 0 Å². The lowest BCUT2D eigenvalue weighted by atomic mass is 9.73. The number of ether oxygens (including phenoxy) is 1. The van der Waals surface area contributed by atoms with Gasteiger partial charge in [0.2, 0.25) is 11.8 Å². The highest BCUT2D eigenvalue weighted by atomic mass is 16.5. The van der Waals surface area contributed by atoms with Gasteiger partial charge in [0.15, 0.2) is 0 Å². The zero-order valence-corrected chi connectivity index (χ0v) is 14.8. The van der Waals surface area contributed by atoms with Gasteiger partial charge in [-0.05, 0) is 18.6 Å². The summed E-state index contributed by atoms with van der Waals surface area (Å²) in [6, 6.07) is 17.1. The molecule has 4 atom stereocenters. The number of carbonyl (C=O) groups excluding carboxylic acids is 2. The molecule has 3 aliphatic heterocycles. The van der Waals surface area contributed by atoms with Crippen molar-refractivity contribution in [2.45, 2.75) is 18.1 Å². The van der Waals surface area contributed by atoms with Crippen LogP contribution in [-0.2, 0) is 14.3 Å². The number of hydrogen-bond acceptors (Lipinski definition) is 4. The molecule has 2 saturated heterocycles. The highest BCUT2D eigenvalue weighted by Gasteiger charge is 2.72. The van der Waals surface area contributed by atoms with E-state index in [0.717, 1.165) is 11.1 Å². The molecule has 2 amide bonds. The van der Waals surface area contributed by atoms with Crippen molar-refractivity contribution in [2.24, 2.45) is 11.8 Å². The average Bonchev–Trinajstić information content (AvgIpc) is 3.28. The Labute approximate surface area is 156 Å². The molecule has 3 heterocycles. The zero-order valence-electron chi connectivity index (χ0n) is 14.8. The van der Waals surface area contributed by atoms with Crippen LogP contribution in [0.3, 0.4) is 0 Å². The minimum atomic E-state index is -1.11. The van der Waals surface area contributed by atoms with E-state index in [1.165, 1.54) is 4.90 Å². The number of amides is 2. The molecule has 5 heteroatoms. The molecule has 2 aromatic carbocycles. The van der Waals surface area contributed by atoms with E-state index in [0.29, 0.717) is 5.69 Å². The van der Waals surface area contributed by atoms with Crippen LogP contribution in [0.1, 0.15) is 6.92 Å². The standard InChI is InChI=1S/C22H19NO4/c1-21-11-12-22(13-24,27-21)18-17(21)19(25)23(20(18)26)16-10-6-5-9-15(16)14-7-3-2-4-8-14/h2-12,17-18,24H,13H2,1H3/t17-,18-,21+,22+/m1/s1. The summed E-state index contributed by atoms with van der Waals surface area (Å²) < 4.78 is 5.97. The first-order valence-electron chi connectivity index (χ1n) is 9.04. The molecular formula is C22H19NO4. The third-order valence-corrected chi connectivity index (χ3v) is 6.03. The van der Waals surface area contributed by atoms with Gasteiger partial charge in [0.05, 0.1) is 29.7 Å². The number of aliphatic hydroxyl groups is 1. The number of carbonyl (C=O) groups is 2. The molecule has 0 spiro atoms. The minimum absolute atomic E-state index is 0.268. The second-order valence-electron chi connectivity index (χ2n) is 7.58. The smallest absolute Gasteiger partial charge is 0.241 e. The van der Waals surface area contributed by atoms with E-state index < -0.39 is 23.0 Å². The normalized spacial score (nSPS) is 33.8. The van der Waals surface area contributed by atoms with Crippen LogP contribution >= 0.6 is 0 Å². The molecule has 0 aliphatic carbocycles. The Balaban J connectivity index is 1.64. The topological polar surface area (TPSA) is 66.8 Å². The number of hydrogen-bond donors (Lipinski definition) is 1. The summed E-state index contributed by atoms with van der Waals surface area (Å²) >= 11 is 0.